The first-order chi connectivity index (χ1) is 13.1. The Kier molecular flexibility index (Phi) is 6.18. The fourth-order valence-corrected chi connectivity index (χ4v) is 3.37. The Morgan fingerprint density at radius 3 is 2.56 bits per heavy atom. The number of nitrogens with zero attached hydrogens (tertiary/aromatic N) is 2. The number of aromatic nitrogens is 2. The van der Waals surface area contributed by atoms with E-state index in [1.165, 1.54) is 0 Å². The molecule has 8 nitrogen and oxygen atoms in total. The summed E-state index contributed by atoms with van der Waals surface area (Å²) in [5.41, 5.74) is 0.486. The molecule has 0 atom stereocenters. The number of imide groups is 1. The van der Waals surface area contributed by atoms with Crippen molar-refractivity contribution in [1.82, 2.24) is 26.1 Å². The summed E-state index contributed by atoms with van der Waals surface area (Å²) in [6, 6.07) is 9.00. The lowest BCUT2D eigenvalue weighted by Crippen LogP contribution is -2.50. The van der Waals surface area contributed by atoms with Gasteiger partial charge in [-0.2, -0.15) is 4.98 Å². The number of hydrogen-bond donors (Lipinski definition) is 3. The van der Waals surface area contributed by atoms with E-state index in [0.29, 0.717) is 18.3 Å². The van der Waals surface area contributed by atoms with E-state index in [9.17, 15) is 9.59 Å². The first-order valence-corrected chi connectivity index (χ1v) is 9.25. The molecule has 0 saturated heterocycles. The van der Waals surface area contributed by atoms with E-state index in [4.69, 9.17) is 4.52 Å². The average molecular weight is 371 g/mol. The third-order valence-electron chi connectivity index (χ3n) is 4.80. The molecule has 1 aliphatic carbocycles. The Morgan fingerprint density at radius 2 is 1.89 bits per heavy atom. The van der Waals surface area contributed by atoms with Crippen molar-refractivity contribution in [3.63, 3.8) is 0 Å². The van der Waals surface area contributed by atoms with Crippen molar-refractivity contribution in [2.75, 3.05) is 6.54 Å². The van der Waals surface area contributed by atoms with Crippen LogP contribution in [0.4, 0.5) is 4.79 Å². The number of aryl methyl sites for hydroxylation is 1. The zero-order valence-corrected chi connectivity index (χ0v) is 15.5. The summed E-state index contributed by atoms with van der Waals surface area (Å²) < 4.78 is 5.12. The molecule has 27 heavy (non-hydrogen) atoms. The molecule has 1 heterocycles. The number of rotatable bonds is 6. The molecule has 1 aromatic carbocycles. The van der Waals surface area contributed by atoms with Crippen molar-refractivity contribution in [3.8, 4) is 0 Å². The second kappa shape index (κ2) is 8.77. The normalized spacial score (nSPS) is 15.9. The molecular formula is C19H25N5O3. The van der Waals surface area contributed by atoms with E-state index in [-0.39, 0.29) is 6.54 Å². The highest BCUT2D eigenvalue weighted by atomic mass is 16.5. The third-order valence-corrected chi connectivity index (χ3v) is 4.80. The smallest absolute Gasteiger partial charge is 0.321 e. The van der Waals surface area contributed by atoms with Crippen LogP contribution in [0.25, 0.3) is 0 Å². The van der Waals surface area contributed by atoms with Gasteiger partial charge < -0.3 is 9.84 Å². The van der Waals surface area contributed by atoms with Crippen LogP contribution in [0.1, 0.15) is 49.4 Å². The number of benzene rings is 1. The van der Waals surface area contributed by atoms with Crippen LogP contribution >= 0.6 is 0 Å². The van der Waals surface area contributed by atoms with E-state index >= 15 is 0 Å². The quantitative estimate of drug-likeness (QED) is 0.718. The maximum absolute atomic E-state index is 12.2. The largest absolute Gasteiger partial charge is 0.340 e. The lowest BCUT2D eigenvalue weighted by Gasteiger charge is -2.35. The fourth-order valence-electron chi connectivity index (χ4n) is 3.37. The van der Waals surface area contributed by atoms with Crippen LogP contribution < -0.4 is 16.0 Å². The summed E-state index contributed by atoms with van der Waals surface area (Å²) in [6.45, 7) is 2.11. The monoisotopic (exact) mass is 371 g/mol. The molecule has 0 radical (unpaired) electrons. The van der Waals surface area contributed by atoms with Crippen LogP contribution in [0.3, 0.4) is 0 Å². The number of hydrogen-bond acceptors (Lipinski definition) is 6. The van der Waals surface area contributed by atoms with Crippen molar-refractivity contribution in [3.05, 3.63) is 47.6 Å². The van der Waals surface area contributed by atoms with Gasteiger partial charge in [-0.1, -0.05) is 54.8 Å². The lowest BCUT2D eigenvalue weighted by molar-refractivity contribution is -0.119. The summed E-state index contributed by atoms with van der Waals surface area (Å²) in [5.74, 6) is 0.688. The standard InChI is InChI=1S/C19H25N5O3/c1-14-22-17(24-27-14)19(10-6-3-7-11-19)21-13-16(25)23-18(26)20-12-15-8-4-2-5-9-15/h2,4-5,8-9,21H,3,6-7,10-13H2,1H3,(H2,20,23,25,26). The Morgan fingerprint density at radius 1 is 1.15 bits per heavy atom. The van der Waals surface area contributed by atoms with Crippen molar-refractivity contribution in [2.24, 2.45) is 0 Å². The summed E-state index contributed by atoms with van der Waals surface area (Å²) in [4.78, 5) is 28.5. The van der Waals surface area contributed by atoms with Crippen LogP contribution in [0.15, 0.2) is 34.9 Å². The molecule has 0 spiro atoms. The van der Waals surface area contributed by atoms with Gasteiger partial charge in [0.05, 0.1) is 12.1 Å². The van der Waals surface area contributed by atoms with E-state index in [1.54, 1.807) is 6.92 Å². The van der Waals surface area contributed by atoms with Gasteiger partial charge in [-0.25, -0.2) is 4.79 Å². The van der Waals surface area contributed by atoms with Gasteiger partial charge in [0.15, 0.2) is 5.82 Å². The number of carbonyl (C=O) groups excluding carboxylic acids is 2. The van der Waals surface area contributed by atoms with Crippen molar-refractivity contribution >= 4 is 11.9 Å². The minimum atomic E-state index is -0.515. The van der Waals surface area contributed by atoms with Gasteiger partial charge in [-0.3, -0.25) is 15.4 Å². The number of urea groups is 1. The van der Waals surface area contributed by atoms with Crippen LogP contribution in [0, 0.1) is 6.92 Å². The topological polar surface area (TPSA) is 109 Å². The molecular weight excluding hydrogens is 346 g/mol. The minimum Gasteiger partial charge on any atom is -0.340 e. The second-order valence-corrected chi connectivity index (χ2v) is 6.85. The predicted octanol–water partition coefficient (Wildman–Crippen LogP) is 2.15. The highest BCUT2D eigenvalue weighted by molar-refractivity contribution is 5.95. The summed E-state index contributed by atoms with van der Waals surface area (Å²) in [7, 11) is 0. The van der Waals surface area contributed by atoms with E-state index < -0.39 is 17.5 Å². The lowest BCUT2D eigenvalue weighted by atomic mass is 9.81. The second-order valence-electron chi connectivity index (χ2n) is 6.85. The molecule has 1 saturated carbocycles. The van der Waals surface area contributed by atoms with Gasteiger partial charge in [0.25, 0.3) is 0 Å². The van der Waals surface area contributed by atoms with Gasteiger partial charge in [-0.15, -0.1) is 0 Å². The maximum Gasteiger partial charge on any atom is 0.321 e. The third kappa shape index (κ3) is 5.13. The van der Waals surface area contributed by atoms with Crippen LogP contribution in [0.2, 0.25) is 0 Å². The molecule has 0 bridgehead atoms. The first kappa shape index (κ1) is 19.0. The van der Waals surface area contributed by atoms with Gasteiger partial charge in [0.2, 0.25) is 11.8 Å². The van der Waals surface area contributed by atoms with Gasteiger partial charge in [0.1, 0.15) is 0 Å². The molecule has 1 fully saturated rings. The Balaban J connectivity index is 1.51. The first-order valence-electron chi connectivity index (χ1n) is 9.25. The molecule has 3 N–H and O–H groups in total. The van der Waals surface area contributed by atoms with Crippen molar-refractivity contribution in [1.29, 1.82) is 0 Å². The van der Waals surface area contributed by atoms with Gasteiger partial charge >= 0.3 is 6.03 Å². The van der Waals surface area contributed by atoms with Gasteiger partial charge in [0, 0.05) is 13.5 Å². The number of amides is 3. The van der Waals surface area contributed by atoms with Crippen LogP contribution in [0.5, 0.6) is 0 Å². The number of carbonyl (C=O) groups is 2. The fraction of sp³-hybridized carbons (Fsp3) is 0.474. The molecule has 0 unspecified atom stereocenters. The molecule has 3 amide bonds. The molecule has 0 aliphatic heterocycles. The Bertz CT molecular complexity index is 769. The van der Waals surface area contributed by atoms with Crippen LogP contribution in [-0.4, -0.2) is 28.6 Å². The highest BCUT2D eigenvalue weighted by Crippen LogP contribution is 2.35. The summed E-state index contributed by atoms with van der Waals surface area (Å²) >= 11 is 0. The zero-order chi connectivity index (χ0) is 19.1. The molecule has 1 aromatic heterocycles. The van der Waals surface area contributed by atoms with Gasteiger partial charge in [-0.05, 0) is 18.4 Å². The summed E-state index contributed by atoms with van der Waals surface area (Å²) in [5, 5.41) is 12.3. The molecule has 1 aliphatic rings. The molecule has 144 valence electrons. The SMILES string of the molecule is Cc1nc(C2(NCC(=O)NC(=O)NCc3ccccc3)CCCCC2)no1. The van der Waals surface area contributed by atoms with Crippen molar-refractivity contribution in [2.45, 2.75) is 51.1 Å². The number of nitrogens with one attached hydrogen (secondary N) is 3. The molecule has 8 heteroatoms. The average Bonchev–Trinajstić information content (AvgIpc) is 3.13. The van der Waals surface area contributed by atoms with E-state index in [2.05, 4.69) is 26.1 Å². The van der Waals surface area contributed by atoms with E-state index in [1.807, 2.05) is 30.3 Å². The van der Waals surface area contributed by atoms with Crippen molar-refractivity contribution < 1.29 is 14.1 Å². The Labute approximate surface area is 158 Å². The predicted molar refractivity (Wildman–Crippen MR) is 98.6 cm³/mol. The summed E-state index contributed by atoms with van der Waals surface area (Å²) in [6.07, 6.45) is 4.87. The van der Waals surface area contributed by atoms with Crippen LogP contribution in [-0.2, 0) is 16.9 Å². The van der Waals surface area contributed by atoms with E-state index in [0.717, 1.165) is 37.7 Å². The minimum absolute atomic E-state index is 0.00629. The highest BCUT2D eigenvalue weighted by Gasteiger charge is 2.38. The zero-order valence-electron chi connectivity index (χ0n) is 15.5. The Hall–Kier alpha value is -2.74. The molecule has 2 aromatic rings. The maximum atomic E-state index is 12.2. The molecule has 3 rings (SSSR count).